The van der Waals surface area contributed by atoms with Crippen LogP contribution in [0.3, 0.4) is 0 Å². The molecular weight excluding hydrogens is 252 g/mol. The molecule has 96 valence electrons. The highest BCUT2D eigenvalue weighted by Crippen LogP contribution is 2.27. The number of benzene rings is 1. The molecule has 1 fully saturated rings. The van der Waals surface area contributed by atoms with E-state index in [0.29, 0.717) is 24.9 Å². The van der Waals surface area contributed by atoms with Crippen molar-refractivity contribution in [3.8, 4) is 0 Å². The summed E-state index contributed by atoms with van der Waals surface area (Å²) in [5.41, 5.74) is 0.693. The van der Waals surface area contributed by atoms with E-state index in [1.54, 1.807) is 31.2 Å². The second-order valence-corrected chi connectivity index (χ2v) is 6.08. The lowest BCUT2D eigenvalue weighted by molar-refractivity contribution is 0.395. The lowest BCUT2D eigenvalue weighted by Gasteiger charge is -2.20. The molecule has 0 spiro atoms. The molecule has 0 radical (unpaired) electrons. The van der Waals surface area contributed by atoms with Crippen LogP contribution in [-0.2, 0) is 14.8 Å². The molecule has 1 atom stereocenters. The fourth-order valence-corrected chi connectivity index (χ4v) is 3.99. The van der Waals surface area contributed by atoms with Gasteiger partial charge in [0, 0.05) is 6.54 Å². The predicted molar refractivity (Wildman–Crippen MR) is 66.2 cm³/mol. The fourth-order valence-electron chi connectivity index (χ4n) is 2.17. The molecule has 0 aliphatic carbocycles. The van der Waals surface area contributed by atoms with Crippen molar-refractivity contribution in [2.24, 2.45) is 4.99 Å². The van der Waals surface area contributed by atoms with Gasteiger partial charge in [0.2, 0.25) is 16.1 Å². The Morgan fingerprint density at radius 3 is 2.78 bits per heavy atom. The van der Waals surface area contributed by atoms with Gasteiger partial charge in [0.05, 0.1) is 4.90 Å². The molecule has 5 nitrogen and oxygen atoms in total. The Morgan fingerprint density at radius 1 is 1.39 bits per heavy atom. The molecule has 1 heterocycles. The normalized spacial score (nSPS) is 20.6. The Labute approximate surface area is 106 Å². The van der Waals surface area contributed by atoms with Gasteiger partial charge < -0.3 is 0 Å². The van der Waals surface area contributed by atoms with Crippen molar-refractivity contribution >= 4 is 16.1 Å². The van der Waals surface area contributed by atoms with E-state index in [4.69, 9.17) is 0 Å². The van der Waals surface area contributed by atoms with Crippen LogP contribution in [0.4, 0.5) is 0 Å². The van der Waals surface area contributed by atoms with Crippen LogP contribution in [0, 0.1) is 6.92 Å². The van der Waals surface area contributed by atoms with E-state index in [0.717, 1.165) is 0 Å². The highest BCUT2D eigenvalue weighted by atomic mass is 32.2. The van der Waals surface area contributed by atoms with E-state index in [2.05, 4.69) is 4.99 Å². The standard InChI is InChI=1S/C12H14N2O3S/c1-10-5-2-3-6-11(10)18(16,17)14-8-4-7-12(14)13-9-15/h2-3,5-6,12H,4,7-8H2,1H3. The average Bonchev–Trinajstić information content (AvgIpc) is 2.79. The fraction of sp³-hybridized carbons (Fsp3) is 0.417. The van der Waals surface area contributed by atoms with E-state index in [-0.39, 0.29) is 4.90 Å². The molecule has 1 saturated heterocycles. The third-order valence-electron chi connectivity index (χ3n) is 3.06. The van der Waals surface area contributed by atoms with Crippen LogP contribution < -0.4 is 0 Å². The SMILES string of the molecule is Cc1ccccc1S(=O)(=O)N1CCCC1N=C=O. The number of hydrogen-bond acceptors (Lipinski definition) is 4. The molecule has 0 bridgehead atoms. The summed E-state index contributed by atoms with van der Waals surface area (Å²) in [4.78, 5) is 14.2. The first-order valence-electron chi connectivity index (χ1n) is 5.72. The molecule has 0 amide bonds. The molecule has 0 aromatic heterocycles. The van der Waals surface area contributed by atoms with Crippen molar-refractivity contribution < 1.29 is 13.2 Å². The van der Waals surface area contributed by atoms with Crippen LogP contribution in [0.25, 0.3) is 0 Å². The summed E-state index contributed by atoms with van der Waals surface area (Å²) in [6.07, 6.45) is 2.12. The zero-order valence-electron chi connectivity index (χ0n) is 10.0. The van der Waals surface area contributed by atoms with Gasteiger partial charge in [0.1, 0.15) is 6.17 Å². The lowest BCUT2D eigenvalue weighted by Crippen LogP contribution is -2.34. The molecule has 1 aliphatic rings. The van der Waals surface area contributed by atoms with Gasteiger partial charge in [-0.25, -0.2) is 13.2 Å². The summed E-state index contributed by atoms with van der Waals surface area (Å²) in [6.45, 7) is 2.15. The van der Waals surface area contributed by atoms with Gasteiger partial charge in [-0.05, 0) is 31.4 Å². The van der Waals surface area contributed by atoms with Gasteiger partial charge in [-0.2, -0.15) is 9.30 Å². The van der Waals surface area contributed by atoms with Crippen LogP contribution in [0.2, 0.25) is 0 Å². The maximum absolute atomic E-state index is 12.5. The number of hydrogen-bond donors (Lipinski definition) is 0. The van der Waals surface area contributed by atoms with Crippen molar-refractivity contribution in [2.75, 3.05) is 6.54 Å². The Hall–Kier alpha value is -1.49. The maximum Gasteiger partial charge on any atom is 0.245 e. The number of aryl methyl sites for hydroxylation is 1. The maximum atomic E-state index is 12.5. The summed E-state index contributed by atoms with van der Waals surface area (Å²) in [7, 11) is -3.58. The van der Waals surface area contributed by atoms with Gasteiger partial charge >= 0.3 is 0 Å². The van der Waals surface area contributed by atoms with Crippen molar-refractivity contribution in [1.29, 1.82) is 0 Å². The Morgan fingerprint density at radius 2 is 2.11 bits per heavy atom. The molecule has 1 unspecified atom stereocenters. The Bertz CT molecular complexity index is 591. The second-order valence-electron chi connectivity index (χ2n) is 4.22. The van der Waals surface area contributed by atoms with Crippen molar-refractivity contribution in [2.45, 2.75) is 30.8 Å². The van der Waals surface area contributed by atoms with E-state index < -0.39 is 16.2 Å². The number of sulfonamides is 1. The lowest BCUT2D eigenvalue weighted by atomic mass is 10.2. The summed E-state index contributed by atoms with van der Waals surface area (Å²) in [6, 6.07) is 6.80. The number of nitrogens with zero attached hydrogens (tertiary/aromatic N) is 2. The third kappa shape index (κ3) is 2.22. The number of carbonyl (C=O) groups excluding carboxylic acids is 1. The van der Waals surface area contributed by atoms with Gasteiger partial charge in [-0.3, -0.25) is 0 Å². The molecule has 18 heavy (non-hydrogen) atoms. The molecule has 1 aliphatic heterocycles. The summed E-state index contributed by atoms with van der Waals surface area (Å²) >= 11 is 0. The zero-order chi connectivity index (χ0) is 13.2. The zero-order valence-corrected chi connectivity index (χ0v) is 10.9. The van der Waals surface area contributed by atoms with Crippen LogP contribution in [-0.4, -0.2) is 31.5 Å². The largest absolute Gasteiger partial charge is 0.245 e. The van der Waals surface area contributed by atoms with E-state index in [1.165, 1.54) is 10.4 Å². The Kier molecular flexibility index (Phi) is 3.61. The first-order chi connectivity index (χ1) is 8.57. The Balaban J connectivity index is 2.43. The first kappa shape index (κ1) is 13.0. The smallest absolute Gasteiger partial charge is 0.211 e. The minimum Gasteiger partial charge on any atom is -0.211 e. The molecule has 6 heteroatoms. The third-order valence-corrected chi connectivity index (χ3v) is 5.11. The molecule has 0 saturated carbocycles. The van der Waals surface area contributed by atoms with Crippen molar-refractivity contribution in [3.05, 3.63) is 29.8 Å². The molecule has 2 rings (SSSR count). The quantitative estimate of drug-likeness (QED) is 0.614. The molecule has 1 aromatic rings. The van der Waals surface area contributed by atoms with Gasteiger partial charge in [0.15, 0.2) is 0 Å². The number of rotatable bonds is 3. The van der Waals surface area contributed by atoms with E-state index in [9.17, 15) is 13.2 Å². The second kappa shape index (κ2) is 5.02. The number of aliphatic imine (C=N–C) groups is 1. The van der Waals surface area contributed by atoms with Crippen LogP contribution in [0.1, 0.15) is 18.4 Å². The van der Waals surface area contributed by atoms with Gasteiger partial charge in [0.25, 0.3) is 0 Å². The van der Waals surface area contributed by atoms with Crippen LogP contribution in [0.5, 0.6) is 0 Å². The summed E-state index contributed by atoms with van der Waals surface area (Å²) in [5.74, 6) is 0. The predicted octanol–water partition coefficient (Wildman–Crippen LogP) is 1.44. The summed E-state index contributed by atoms with van der Waals surface area (Å²) in [5, 5.41) is 0. The number of isocyanates is 1. The van der Waals surface area contributed by atoms with Crippen molar-refractivity contribution in [1.82, 2.24) is 4.31 Å². The molecular formula is C12H14N2O3S. The van der Waals surface area contributed by atoms with Crippen LogP contribution >= 0.6 is 0 Å². The van der Waals surface area contributed by atoms with Gasteiger partial charge in [-0.15, -0.1) is 0 Å². The summed E-state index contributed by atoms with van der Waals surface area (Å²) < 4.78 is 26.2. The average molecular weight is 266 g/mol. The van der Waals surface area contributed by atoms with Gasteiger partial charge in [-0.1, -0.05) is 18.2 Å². The molecule has 1 aromatic carbocycles. The highest BCUT2D eigenvalue weighted by Gasteiger charge is 2.35. The van der Waals surface area contributed by atoms with Crippen molar-refractivity contribution in [3.63, 3.8) is 0 Å². The minimum absolute atomic E-state index is 0.276. The molecule has 0 N–H and O–H groups in total. The van der Waals surface area contributed by atoms with E-state index >= 15 is 0 Å². The topological polar surface area (TPSA) is 66.8 Å². The first-order valence-corrected chi connectivity index (χ1v) is 7.16. The van der Waals surface area contributed by atoms with Crippen LogP contribution in [0.15, 0.2) is 34.2 Å². The minimum atomic E-state index is -3.58. The monoisotopic (exact) mass is 266 g/mol. The highest BCUT2D eigenvalue weighted by molar-refractivity contribution is 7.89. The van der Waals surface area contributed by atoms with E-state index in [1.807, 2.05) is 0 Å².